The number of piperazine rings is 1. The van der Waals surface area contributed by atoms with Crippen molar-refractivity contribution in [3.8, 4) is 0 Å². The van der Waals surface area contributed by atoms with Crippen LogP contribution < -0.4 is 0 Å². The molecule has 2 heterocycles. The maximum Gasteiger partial charge on any atom is 0.226 e. The Hall–Kier alpha value is -2.14. The van der Waals surface area contributed by atoms with Gasteiger partial charge in [-0.1, -0.05) is 30.3 Å². The highest BCUT2D eigenvalue weighted by Crippen LogP contribution is 2.49. The highest BCUT2D eigenvalue weighted by molar-refractivity contribution is 5.83. The molecule has 5 nitrogen and oxygen atoms in total. The number of rotatable bonds is 3. The molecule has 2 aliphatic rings. The SMILES string of the molecule is CN1CCN(C(=O)[C@@H]2C[C@@H]2c2cnn(C)c2)[C@H](c2ccccc2)C1. The molecular weight excluding hydrogens is 300 g/mol. The van der Waals surface area contributed by atoms with Crippen LogP contribution in [0.1, 0.15) is 29.5 Å². The molecular formula is C19H24N4O. The number of aromatic nitrogens is 2. The smallest absolute Gasteiger partial charge is 0.226 e. The van der Waals surface area contributed by atoms with E-state index < -0.39 is 0 Å². The minimum absolute atomic E-state index is 0.129. The van der Waals surface area contributed by atoms with Gasteiger partial charge in [0.2, 0.25) is 5.91 Å². The molecule has 0 spiro atoms. The molecule has 0 bridgehead atoms. The fourth-order valence-corrected chi connectivity index (χ4v) is 3.82. The lowest BCUT2D eigenvalue weighted by Crippen LogP contribution is -2.49. The fraction of sp³-hybridized carbons (Fsp3) is 0.474. The van der Waals surface area contributed by atoms with Crippen LogP contribution >= 0.6 is 0 Å². The van der Waals surface area contributed by atoms with E-state index in [4.69, 9.17) is 0 Å². The van der Waals surface area contributed by atoms with Gasteiger partial charge in [-0.05, 0) is 30.5 Å². The molecule has 1 saturated heterocycles. The number of aryl methyl sites for hydroxylation is 1. The van der Waals surface area contributed by atoms with Gasteiger partial charge in [-0.3, -0.25) is 9.48 Å². The van der Waals surface area contributed by atoms with Gasteiger partial charge in [0.25, 0.3) is 0 Å². The van der Waals surface area contributed by atoms with Gasteiger partial charge >= 0.3 is 0 Å². The van der Waals surface area contributed by atoms with E-state index in [2.05, 4.69) is 46.2 Å². The normalized spacial score (nSPS) is 27.2. The summed E-state index contributed by atoms with van der Waals surface area (Å²) in [6.45, 7) is 2.66. The van der Waals surface area contributed by atoms with E-state index in [0.717, 1.165) is 26.1 Å². The average Bonchev–Trinajstić information content (AvgIpc) is 3.29. The monoisotopic (exact) mass is 324 g/mol. The first-order chi connectivity index (χ1) is 11.6. The summed E-state index contributed by atoms with van der Waals surface area (Å²) in [7, 11) is 4.06. The Bertz CT molecular complexity index is 726. The molecule has 2 aromatic rings. The second-order valence-electron chi connectivity index (χ2n) is 7.12. The van der Waals surface area contributed by atoms with Crippen LogP contribution in [0.5, 0.6) is 0 Å². The summed E-state index contributed by atoms with van der Waals surface area (Å²) in [5.41, 5.74) is 2.43. The number of benzene rings is 1. The van der Waals surface area contributed by atoms with Crippen LogP contribution in [0.2, 0.25) is 0 Å². The highest BCUT2D eigenvalue weighted by atomic mass is 16.2. The highest BCUT2D eigenvalue weighted by Gasteiger charge is 2.48. The Kier molecular flexibility index (Phi) is 3.88. The van der Waals surface area contributed by atoms with Crippen molar-refractivity contribution in [1.82, 2.24) is 19.6 Å². The lowest BCUT2D eigenvalue weighted by Gasteiger charge is -2.40. The van der Waals surface area contributed by atoms with Gasteiger partial charge in [-0.2, -0.15) is 5.10 Å². The van der Waals surface area contributed by atoms with Crippen molar-refractivity contribution in [3.63, 3.8) is 0 Å². The first-order valence-electron chi connectivity index (χ1n) is 8.66. The topological polar surface area (TPSA) is 41.4 Å². The van der Waals surface area contributed by atoms with E-state index in [0.29, 0.717) is 11.8 Å². The van der Waals surface area contributed by atoms with Crippen LogP contribution in [0.25, 0.3) is 0 Å². The summed E-state index contributed by atoms with van der Waals surface area (Å²) in [4.78, 5) is 17.5. The third kappa shape index (κ3) is 2.84. The van der Waals surface area contributed by atoms with Gasteiger partial charge < -0.3 is 9.80 Å². The molecule has 1 aliphatic heterocycles. The predicted molar refractivity (Wildman–Crippen MR) is 92.4 cm³/mol. The number of likely N-dealkylation sites (N-methyl/N-ethyl adjacent to an activating group) is 1. The number of nitrogens with zero attached hydrogens (tertiary/aromatic N) is 4. The van der Waals surface area contributed by atoms with E-state index in [1.165, 1.54) is 11.1 Å². The summed E-state index contributed by atoms with van der Waals surface area (Å²) < 4.78 is 1.82. The van der Waals surface area contributed by atoms with Crippen LogP contribution in [-0.2, 0) is 11.8 Å². The molecule has 3 atom stereocenters. The second kappa shape index (κ2) is 6.06. The van der Waals surface area contributed by atoms with Crippen LogP contribution in [0.3, 0.4) is 0 Å². The zero-order chi connectivity index (χ0) is 16.7. The molecule has 2 fully saturated rings. The maximum absolute atomic E-state index is 13.1. The van der Waals surface area contributed by atoms with Crippen molar-refractivity contribution in [2.75, 3.05) is 26.7 Å². The number of hydrogen-bond donors (Lipinski definition) is 0. The standard InChI is InChI=1S/C19H24N4O/c1-21-8-9-23(18(13-21)14-6-4-3-5-7-14)19(24)17-10-16(17)15-11-20-22(2)12-15/h3-7,11-12,16-18H,8-10,13H2,1-2H3/t16-,17-,18+/m1/s1. The number of carbonyl (C=O) groups excluding carboxylic acids is 1. The zero-order valence-corrected chi connectivity index (χ0v) is 14.3. The summed E-state index contributed by atoms with van der Waals surface area (Å²) in [6.07, 6.45) is 4.89. The third-order valence-electron chi connectivity index (χ3n) is 5.31. The van der Waals surface area contributed by atoms with E-state index in [1.807, 2.05) is 30.2 Å². The summed E-state index contributed by atoms with van der Waals surface area (Å²) >= 11 is 0. The Morgan fingerprint density at radius 1 is 1.12 bits per heavy atom. The van der Waals surface area contributed by atoms with Gasteiger partial charge in [-0.25, -0.2) is 0 Å². The largest absolute Gasteiger partial charge is 0.333 e. The van der Waals surface area contributed by atoms with E-state index in [-0.39, 0.29) is 12.0 Å². The quantitative estimate of drug-likeness (QED) is 0.867. The first kappa shape index (κ1) is 15.4. The Labute approximate surface area is 142 Å². The van der Waals surface area contributed by atoms with Crippen molar-refractivity contribution >= 4 is 5.91 Å². The van der Waals surface area contributed by atoms with Gasteiger partial charge in [0, 0.05) is 38.8 Å². The van der Waals surface area contributed by atoms with Crippen molar-refractivity contribution in [2.45, 2.75) is 18.4 Å². The third-order valence-corrected chi connectivity index (χ3v) is 5.31. The molecule has 1 aromatic heterocycles. The van der Waals surface area contributed by atoms with Crippen LogP contribution in [0.4, 0.5) is 0 Å². The Morgan fingerprint density at radius 3 is 2.62 bits per heavy atom. The summed E-state index contributed by atoms with van der Waals surface area (Å²) in [5.74, 6) is 0.789. The van der Waals surface area contributed by atoms with Gasteiger partial charge in [-0.15, -0.1) is 0 Å². The predicted octanol–water partition coefficient (Wildman–Crippen LogP) is 2.04. The molecule has 1 aromatic carbocycles. The van der Waals surface area contributed by atoms with E-state index in [1.54, 1.807) is 0 Å². The van der Waals surface area contributed by atoms with E-state index in [9.17, 15) is 4.79 Å². The van der Waals surface area contributed by atoms with Crippen LogP contribution in [0, 0.1) is 5.92 Å². The average molecular weight is 324 g/mol. The zero-order valence-electron chi connectivity index (χ0n) is 14.3. The molecule has 1 saturated carbocycles. The molecule has 126 valence electrons. The summed E-state index contributed by atoms with van der Waals surface area (Å²) in [6, 6.07) is 10.6. The molecule has 1 amide bonds. The number of amides is 1. The Morgan fingerprint density at radius 2 is 1.92 bits per heavy atom. The van der Waals surface area contributed by atoms with Gasteiger partial charge in [0.1, 0.15) is 0 Å². The first-order valence-corrected chi connectivity index (χ1v) is 8.66. The molecule has 24 heavy (non-hydrogen) atoms. The van der Waals surface area contributed by atoms with Crippen molar-refractivity contribution < 1.29 is 4.79 Å². The minimum Gasteiger partial charge on any atom is -0.333 e. The maximum atomic E-state index is 13.1. The van der Waals surface area contributed by atoms with Crippen molar-refractivity contribution in [2.24, 2.45) is 13.0 Å². The molecule has 0 radical (unpaired) electrons. The number of hydrogen-bond acceptors (Lipinski definition) is 3. The molecule has 4 rings (SSSR count). The van der Waals surface area contributed by atoms with Crippen LogP contribution in [0.15, 0.2) is 42.7 Å². The number of carbonyl (C=O) groups is 1. The second-order valence-corrected chi connectivity index (χ2v) is 7.12. The molecule has 1 aliphatic carbocycles. The van der Waals surface area contributed by atoms with E-state index >= 15 is 0 Å². The molecule has 0 unspecified atom stereocenters. The van der Waals surface area contributed by atoms with Crippen molar-refractivity contribution in [3.05, 3.63) is 53.9 Å². The summed E-state index contributed by atoms with van der Waals surface area (Å²) in [5, 5.41) is 4.24. The minimum atomic E-state index is 0.129. The van der Waals surface area contributed by atoms with Crippen molar-refractivity contribution in [1.29, 1.82) is 0 Å². The lowest BCUT2D eigenvalue weighted by molar-refractivity contribution is -0.137. The fourth-order valence-electron chi connectivity index (χ4n) is 3.82. The Balaban J connectivity index is 1.52. The van der Waals surface area contributed by atoms with Gasteiger partial charge in [0.15, 0.2) is 0 Å². The molecule has 0 N–H and O–H groups in total. The van der Waals surface area contributed by atoms with Crippen LogP contribution in [-0.4, -0.2) is 52.2 Å². The lowest BCUT2D eigenvalue weighted by atomic mass is 10.0. The van der Waals surface area contributed by atoms with Gasteiger partial charge in [0.05, 0.1) is 12.2 Å². The molecule has 5 heteroatoms.